The van der Waals surface area contributed by atoms with Gasteiger partial charge < -0.3 is 15.8 Å². The van der Waals surface area contributed by atoms with Gasteiger partial charge in [-0.3, -0.25) is 4.79 Å². The summed E-state index contributed by atoms with van der Waals surface area (Å²) in [7, 11) is 1.62. The molecular formula is C14H18ClN3O2S. The maximum absolute atomic E-state index is 11.9. The Hall–Kier alpha value is -1.63. The van der Waals surface area contributed by atoms with Gasteiger partial charge >= 0.3 is 0 Å². The van der Waals surface area contributed by atoms with Gasteiger partial charge in [0.2, 0.25) is 0 Å². The molecule has 0 spiro atoms. The normalized spacial score (nSPS) is 9.81. The van der Waals surface area contributed by atoms with Gasteiger partial charge in [0.1, 0.15) is 11.4 Å². The van der Waals surface area contributed by atoms with Crippen LogP contribution in [0, 0.1) is 0 Å². The Balaban J connectivity index is 0.00000220. The number of methoxy groups -OCH3 is 1. The molecule has 5 nitrogen and oxygen atoms in total. The van der Waals surface area contributed by atoms with Crippen LogP contribution in [0.2, 0.25) is 0 Å². The van der Waals surface area contributed by atoms with Crippen molar-refractivity contribution >= 4 is 29.7 Å². The van der Waals surface area contributed by atoms with Crippen LogP contribution >= 0.6 is 23.7 Å². The van der Waals surface area contributed by atoms with Gasteiger partial charge in [-0.2, -0.15) is 0 Å². The lowest BCUT2D eigenvalue weighted by molar-refractivity contribution is 0.0946. The maximum Gasteiger partial charge on any atom is 0.271 e. The summed E-state index contributed by atoms with van der Waals surface area (Å²) in [5.41, 5.74) is 6.92. The quantitative estimate of drug-likeness (QED) is 0.850. The van der Waals surface area contributed by atoms with E-state index < -0.39 is 0 Å². The van der Waals surface area contributed by atoms with Gasteiger partial charge in [-0.05, 0) is 24.2 Å². The number of benzene rings is 1. The minimum Gasteiger partial charge on any atom is -0.497 e. The smallest absolute Gasteiger partial charge is 0.271 e. The second-order valence-electron chi connectivity index (χ2n) is 4.20. The molecule has 0 aliphatic heterocycles. The number of rotatable bonds is 6. The highest BCUT2D eigenvalue weighted by atomic mass is 35.5. The third-order valence-corrected chi connectivity index (χ3v) is 3.66. The summed E-state index contributed by atoms with van der Waals surface area (Å²) in [5, 5.41) is 5.49. The van der Waals surface area contributed by atoms with E-state index in [9.17, 15) is 4.79 Å². The molecule has 7 heteroatoms. The molecule has 0 saturated carbocycles. The fraction of sp³-hybridized carbons (Fsp3) is 0.286. The second-order valence-corrected chi connectivity index (χ2v) is 5.14. The summed E-state index contributed by atoms with van der Waals surface area (Å²) in [6, 6.07) is 7.56. The molecule has 114 valence electrons. The van der Waals surface area contributed by atoms with Crippen molar-refractivity contribution in [2.45, 2.75) is 13.0 Å². The molecule has 0 radical (unpaired) electrons. The van der Waals surface area contributed by atoms with Crippen molar-refractivity contribution in [3.63, 3.8) is 0 Å². The molecule has 0 aliphatic rings. The van der Waals surface area contributed by atoms with Crippen molar-refractivity contribution < 1.29 is 9.53 Å². The summed E-state index contributed by atoms with van der Waals surface area (Å²) in [4.78, 5) is 16.2. The summed E-state index contributed by atoms with van der Waals surface area (Å²) in [6.45, 7) is 1.01. The number of amides is 1. The molecule has 0 saturated heterocycles. The number of hydrogen-bond donors (Lipinski definition) is 2. The number of aromatic nitrogens is 1. The molecule has 2 aromatic rings. The fourth-order valence-electron chi connectivity index (χ4n) is 1.67. The fourth-order valence-corrected chi connectivity index (χ4v) is 2.46. The van der Waals surface area contributed by atoms with E-state index >= 15 is 0 Å². The van der Waals surface area contributed by atoms with Gasteiger partial charge in [0.05, 0.1) is 12.1 Å². The number of halogens is 1. The van der Waals surface area contributed by atoms with Gasteiger partial charge in [0, 0.05) is 18.3 Å². The number of thiazole rings is 1. The zero-order valence-corrected chi connectivity index (χ0v) is 13.3. The first-order chi connectivity index (χ1) is 9.72. The van der Waals surface area contributed by atoms with Gasteiger partial charge in [-0.25, -0.2) is 4.98 Å². The standard InChI is InChI=1S/C14H17N3O2S.ClH/c1-19-11-4-2-10(3-5-11)8-16-14(18)12-9-20-13(17-12)6-7-15;/h2-5,9H,6-8,15H2,1H3,(H,16,18);1H. The Morgan fingerprint density at radius 3 is 2.71 bits per heavy atom. The van der Waals surface area contributed by atoms with Gasteiger partial charge in [0.25, 0.3) is 5.91 Å². The van der Waals surface area contributed by atoms with Gasteiger partial charge in [0.15, 0.2) is 0 Å². The summed E-state index contributed by atoms with van der Waals surface area (Å²) < 4.78 is 5.08. The van der Waals surface area contributed by atoms with Crippen LogP contribution < -0.4 is 15.8 Å². The van der Waals surface area contributed by atoms with Crippen LogP contribution in [-0.4, -0.2) is 24.5 Å². The number of carbonyl (C=O) groups is 1. The summed E-state index contributed by atoms with van der Waals surface area (Å²) in [6.07, 6.45) is 0.705. The van der Waals surface area contributed by atoms with Crippen molar-refractivity contribution in [2.24, 2.45) is 5.73 Å². The molecule has 0 atom stereocenters. The Bertz CT molecular complexity index is 572. The monoisotopic (exact) mass is 327 g/mol. The van der Waals surface area contributed by atoms with Crippen LogP contribution in [0.1, 0.15) is 21.1 Å². The molecule has 0 aliphatic carbocycles. The first kappa shape index (κ1) is 17.4. The molecule has 3 N–H and O–H groups in total. The lowest BCUT2D eigenvalue weighted by Gasteiger charge is -2.05. The van der Waals surface area contributed by atoms with E-state index in [2.05, 4.69) is 10.3 Å². The van der Waals surface area contributed by atoms with E-state index in [0.717, 1.165) is 16.3 Å². The molecular weight excluding hydrogens is 310 g/mol. The molecule has 2 rings (SSSR count). The number of carbonyl (C=O) groups excluding carboxylic acids is 1. The molecule has 0 unspecified atom stereocenters. The van der Waals surface area contributed by atoms with E-state index in [-0.39, 0.29) is 18.3 Å². The van der Waals surface area contributed by atoms with E-state index in [1.807, 2.05) is 24.3 Å². The van der Waals surface area contributed by atoms with Crippen molar-refractivity contribution in [3.8, 4) is 5.75 Å². The van der Waals surface area contributed by atoms with Crippen molar-refractivity contribution in [1.82, 2.24) is 10.3 Å². The summed E-state index contributed by atoms with van der Waals surface area (Å²) >= 11 is 1.46. The minimum absolute atomic E-state index is 0. The molecule has 1 aromatic carbocycles. The van der Waals surface area contributed by atoms with Crippen molar-refractivity contribution in [2.75, 3.05) is 13.7 Å². The van der Waals surface area contributed by atoms with Crippen LogP contribution in [0.4, 0.5) is 0 Å². The van der Waals surface area contributed by atoms with E-state index in [4.69, 9.17) is 10.5 Å². The number of nitrogens with one attached hydrogen (secondary N) is 1. The highest BCUT2D eigenvalue weighted by molar-refractivity contribution is 7.09. The molecule has 1 amide bonds. The molecule has 21 heavy (non-hydrogen) atoms. The average Bonchev–Trinajstić information content (AvgIpc) is 2.94. The lowest BCUT2D eigenvalue weighted by atomic mass is 10.2. The highest BCUT2D eigenvalue weighted by Gasteiger charge is 2.10. The summed E-state index contributed by atoms with van der Waals surface area (Å²) in [5.74, 6) is 0.631. The molecule has 0 bridgehead atoms. The third-order valence-electron chi connectivity index (χ3n) is 2.75. The largest absolute Gasteiger partial charge is 0.497 e. The Morgan fingerprint density at radius 2 is 2.10 bits per heavy atom. The van der Waals surface area contributed by atoms with E-state index in [0.29, 0.717) is 25.2 Å². The van der Waals surface area contributed by atoms with Crippen LogP contribution in [0.3, 0.4) is 0 Å². The predicted octanol–water partition coefficient (Wildman–Crippen LogP) is 2.00. The lowest BCUT2D eigenvalue weighted by Crippen LogP contribution is -2.23. The van der Waals surface area contributed by atoms with E-state index in [1.54, 1.807) is 12.5 Å². The number of nitrogens with two attached hydrogens (primary N) is 1. The molecule has 0 fully saturated rings. The van der Waals surface area contributed by atoms with E-state index in [1.165, 1.54) is 11.3 Å². The highest BCUT2D eigenvalue weighted by Crippen LogP contribution is 2.12. The molecule has 1 aromatic heterocycles. The second kappa shape index (κ2) is 8.61. The Labute approximate surface area is 133 Å². The van der Waals surface area contributed by atoms with Crippen LogP contribution in [0.25, 0.3) is 0 Å². The van der Waals surface area contributed by atoms with Crippen LogP contribution in [-0.2, 0) is 13.0 Å². The maximum atomic E-state index is 11.9. The number of ether oxygens (including phenoxy) is 1. The van der Waals surface area contributed by atoms with Gasteiger partial charge in [-0.15, -0.1) is 23.7 Å². The van der Waals surface area contributed by atoms with Crippen molar-refractivity contribution in [3.05, 3.63) is 45.9 Å². The minimum atomic E-state index is -0.166. The van der Waals surface area contributed by atoms with Crippen molar-refractivity contribution in [1.29, 1.82) is 0 Å². The first-order valence-electron chi connectivity index (χ1n) is 6.28. The number of nitrogens with zero attached hydrogens (tertiary/aromatic N) is 1. The zero-order valence-electron chi connectivity index (χ0n) is 11.7. The Morgan fingerprint density at radius 1 is 1.38 bits per heavy atom. The topological polar surface area (TPSA) is 77.2 Å². The first-order valence-corrected chi connectivity index (χ1v) is 7.16. The SMILES string of the molecule is COc1ccc(CNC(=O)c2csc(CCN)n2)cc1.Cl. The average molecular weight is 328 g/mol. The number of hydrogen-bond acceptors (Lipinski definition) is 5. The predicted molar refractivity (Wildman–Crippen MR) is 86.3 cm³/mol. The Kier molecular flexibility index (Phi) is 7.14. The third kappa shape index (κ3) is 5.00. The van der Waals surface area contributed by atoms with Crippen LogP contribution in [0.15, 0.2) is 29.6 Å². The van der Waals surface area contributed by atoms with Crippen LogP contribution in [0.5, 0.6) is 5.75 Å². The molecule has 1 heterocycles. The zero-order chi connectivity index (χ0) is 14.4. The van der Waals surface area contributed by atoms with Gasteiger partial charge in [-0.1, -0.05) is 12.1 Å².